The summed E-state index contributed by atoms with van der Waals surface area (Å²) in [6.07, 6.45) is -0.0888. The summed E-state index contributed by atoms with van der Waals surface area (Å²) in [5, 5.41) is 15.0. The Labute approximate surface area is 261 Å². The smallest absolute Gasteiger partial charge is 0.412 e. The summed E-state index contributed by atoms with van der Waals surface area (Å²) in [6, 6.07) is 9.68. The molecule has 0 saturated carbocycles. The normalized spacial score (nSPS) is 13.2. The van der Waals surface area contributed by atoms with E-state index in [1.54, 1.807) is 33.0 Å². The van der Waals surface area contributed by atoms with E-state index in [4.69, 9.17) is 14.2 Å². The predicted octanol–water partition coefficient (Wildman–Crippen LogP) is 5.27. The Kier molecular flexibility index (Phi) is 9.34. The number of thiazole rings is 1. The maximum atomic E-state index is 15.1. The molecule has 0 unspecified atom stereocenters. The van der Waals surface area contributed by atoms with Crippen LogP contribution in [0.1, 0.15) is 36.8 Å². The van der Waals surface area contributed by atoms with Crippen molar-refractivity contribution in [2.75, 3.05) is 19.0 Å². The molecule has 0 bridgehead atoms. The van der Waals surface area contributed by atoms with Crippen molar-refractivity contribution in [2.45, 2.75) is 46.0 Å². The lowest BCUT2D eigenvalue weighted by molar-refractivity contribution is 0.0402. The minimum absolute atomic E-state index is 0.00616. The van der Waals surface area contributed by atoms with Crippen LogP contribution in [0.2, 0.25) is 0 Å². The second-order valence-corrected chi connectivity index (χ2v) is 11.4. The monoisotopic (exact) mass is 634 g/mol. The van der Waals surface area contributed by atoms with Crippen LogP contribution in [0.4, 0.5) is 14.9 Å². The highest BCUT2D eigenvalue weighted by Crippen LogP contribution is 2.37. The van der Waals surface area contributed by atoms with Crippen LogP contribution in [-0.4, -0.2) is 69.0 Å². The quantitative estimate of drug-likeness (QED) is 0.185. The maximum absolute atomic E-state index is 15.1. The molecule has 12 nitrogen and oxygen atoms in total. The van der Waals surface area contributed by atoms with Gasteiger partial charge in [0.15, 0.2) is 11.6 Å². The molecule has 0 saturated heterocycles. The molecule has 3 atom stereocenters. The zero-order valence-corrected chi connectivity index (χ0v) is 25.9. The van der Waals surface area contributed by atoms with E-state index in [1.807, 2.05) is 19.1 Å². The van der Waals surface area contributed by atoms with Gasteiger partial charge in [-0.15, -0.1) is 11.3 Å². The Morgan fingerprint density at radius 3 is 2.53 bits per heavy atom. The number of carbonyl (C=O) groups excluding carboxylic acids is 2. The van der Waals surface area contributed by atoms with Crippen LogP contribution >= 0.6 is 11.3 Å². The fourth-order valence-electron chi connectivity index (χ4n) is 4.29. The lowest BCUT2D eigenvalue weighted by Gasteiger charge is -2.22. The van der Waals surface area contributed by atoms with Gasteiger partial charge in [0, 0.05) is 24.2 Å². The number of anilines is 1. The van der Waals surface area contributed by atoms with Gasteiger partial charge < -0.3 is 24.6 Å². The molecule has 0 aliphatic rings. The van der Waals surface area contributed by atoms with Gasteiger partial charge in [0.2, 0.25) is 5.88 Å². The van der Waals surface area contributed by atoms with Gasteiger partial charge in [-0.1, -0.05) is 0 Å². The van der Waals surface area contributed by atoms with E-state index >= 15 is 4.39 Å². The highest BCUT2D eigenvalue weighted by atomic mass is 32.1. The second-order valence-electron chi connectivity index (χ2n) is 10.4. The molecule has 14 heteroatoms. The summed E-state index contributed by atoms with van der Waals surface area (Å²) in [4.78, 5) is 42.2. The summed E-state index contributed by atoms with van der Waals surface area (Å²) in [5.74, 6) is -0.666. The zero-order chi connectivity index (χ0) is 32.2. The number of fused-ring (bicyclic) bond motifs is 2. The number of amides is 2. The molecular formula is C31H31FN6O6S. The summed E-state index contributed by atoms with van der Waals surface area (Å²) in [7, 11) is 1.53. The highest BCUT2D eigenvalue weighted by Gasteiger charge is 2.22. The molecule has 2 amide bonds. The van der Waals surface area contributed by atoms with Crippen LogP contribution < -0.4 is 20.1 Å². The molecule has 0 fully saturated rings. The minimum atomic E-state index is -0.778. The van der Waals surface area contributed by atoms with E-state index in [9.17, 15) is 14.7 Å². The molecule has 0 spiro atoms. The SMILES string of the molecule is COc1cnc2c(-c3nc4cc(F)c(O[C@@H](C)[C@@H](C)OC(=O)Nc5ccc(C(=O)NC[C@@H](C)O)nc5)cc4s3)cc(C)cc2n1. The number of ether oxygens (including phenoxy) is 3. The molecule has 0 radical (unpaired) electrons. The Bertz CT molecular complexity index is 1870. The number of aliphatic hydroxyl groups excluding tert-OH is 1. The molecule has 5 aromatic rings. The standard InChI is InChI=1S/C31H31FN6O6S/c1-15-8-20(28-24(9-15)37-27(42-5)14-34-28)30-38-23-10-21(32)25(11-26(23)45-30)43-17(3)18(4)44-31(41)36-19-6-7-22(33-13-19)29(40)35-12-16(2)39/h6-11,13-14,16-18,39H,12H2,1-5H3,(H,35,40)(H,36,41)/t16-,17+,18-/m1/s1. The van der Waals surface area contributed by atoms with Crippen molar-refractivity contribution in [3.63, 3.8) is 0 Å². The molecule has 45 heavy (non-hydrogen) atoms. The van der Waals surface area contributed by atoms with Crippen molar-refractivity contribution in [2.24, 2.45) is 0 Å². The van der Waals surface area contributed by atoms with Crippen molar-refractivity contribution >= 4 is 50.3 Å². The summed E-state index contributed by atoms with van der Waals surface area (Å²) in [5.41, 5.74) is 3.94. The van der Waals surface area contributed by atoms with Crippen LogP contribution in [0.3, 0.4) is 0 Å². The second kappa shape index (κ2) is 13.4. The third-order valence-corrected chi connectivity index (χ3v) is 7.77. The van der Waals surface area contributed by atoms with Crippen molar-refractivity contribution in [1.29, 1.82) is 0 Å². The summed E-state index contributed by atoms with van der Waals surface area (Å²) >= 11 is 1.37. The van der Waals surface area contributed by atoms with Gasteiger partial charge in [-0.05, 0) is 57.5 Å². The number of rotatable bonds is 10. The zero-order valence-electron chi connectivity index (χ0n) is 25.1. The number of aromatic nitrogens is 4. The number of carbonyl (C=O) groups is 2. The number of aryl methyl sites for hydroxylation is 1. The van der Waals surface area contributed by atoms with E-state index in [0.717, 1.165) is 11.1 Å². The Hall–Kier alpha value is -4.95. The molecular weight excluding hydrogens is 603 g/mol. The van der Waals surface area contributed by atoms with Crippen LogP contribution in [0.5, 0.6) is 11.6 Å². The van der Waals surface area contributed by atoms with Crippen LogP contribution in [-0.2, 0) is 4.74 Å². The topological polar surface area (TPSA) is 158 Å². The average Bonchev–Trinajstić information content (AvgIpc) is 3.41. The third kappa shape index (κ3) is 7.41. The van der Waals surface area contributed by atoms with Gasteiger partial charge in [0.25, 0.3) is 5.91 Å². The molecule has 3 aromatic heterocycles. The van der Waals surface area contributed by atoms with Crippen LogP contribution in [0.15, 0.2) is 48.8 Å². The largest absolute Gasteiger partial charge is 0.484 e. The van der Waals surface area contributed by atoms with Gasteiger partial charge in [-0.25, -0.2) is 29.1 Å². The van der Waals surface area contributed by atoms with Gasteiger partial charge in [-0.3, -0.25) is 10.1 Å². The molecule has 0 aliphatic carbocycles. The number of nitrogens with one attached hydrogen (secondary N) is 2. The van der Waals surface area contributed by atoms with Crippen molar-refractivity contribution in [3.05, 3.63) is 65.9 Å². The predicted molar refractivity (Wildman–Crippen MR) is 167 cm³/mol. The molecule has 0 aliphatic heterocycles. The van der Waals surface area contributed by atoms with E-state index in [2.05, 4.69) is 30.6 Å². The van der Waals surface area contributed by atoms with Gasteiger partial charge >= 0.3 is 6.09 Å². The fourth-order valence-corrected chi connectivity index (χ4v) is 5.28. The first-order chi connectivity index (χ1) is 21.5. The lowest BCUT2D eigenvalue weighted by Crippen LogP contribution is -2.33. The number of halogens is 1. The summed E-state index contributed by atoms with van der Waals surface area (Å²) < 4.78 is 32.3. The molecule has 3 N–H and O–H groups in total. The Balaban J connectivity index is 1.24. The number of benzene rings is 2. The van der Waals surface area contributed by atoms with Crippen LogP contribution in [0, 0.1) is 12.7 Å². The average molecular weight is 635 g/mol. The lowest BCUT2D eigenvalue weighted by atomic mass is 10.1. The molecule has 5 rings (SSSR count). The van der Waals surface area contributed by atoms with Gasteiger partial charge in [0.05, 0.1) is 52.5 Å². The number of methoxy groups -OCH3 is 1. The fraction of sp³-hybridized carbons (Fsp3) is 0.290. The van der Waals surface area contributed by atoms with E-state index in [-0.39, 0.29) is 18.0 Å². The third-order valence-electron chi connectivity index (χ3n) is 6.72. The van der Waals surface area contributed by atoms with Crippen molar-refractivity contribution in [3.8, 4) is 22.2 Å². The number of hydrogen-bond donors (Lipinski definition) is 3. The summed E-state index contributed by atoms with van der Waals surface area (Å²) in [6.45, 7) is 6.87. The molecule has 2 aromatic carbocycles. The maximum Gasteiger partial charge on any atom is 0.412 e. The van der Waals surface area contributed by atoms with E-state index < -0.39 is 36.1 Å². The van der Waals surface area contributed by atoms with Crippen molar-refractivity contribution < 1.29 is 33.3 Å². The number of aliphatic hydroxyl groups is 1. The first kappa shape index (κ1) is 31.5. The number of pyridine rings is 1. The molecule has 3 heterocycles. The minimum Gasteiger partial charge on any atom is -0.484 e. The molecule has 234 valence electrons. The Morgan fingerprint density at radius 1 is 1.02 bits per heavy atom. The van der Waals surface area contributed by atoms with E-state index in [0.29, 0.717) is 37.8 Å². The van der Waals surface area contributed by atoms with Crippen molar-refractivity contribution in [1.82, 2.24) is 25.3 Å². The first-order valence-electron chi connectivity index (χ1n) is 14.0. The Morgan fingerprint density at radius 2 is 1.82 bits per heavy atom. The van der Waals surface area contributed by atoms with Gasteiger partial charge in [0.1, 0.15) is 22.9 Å². The number of nitrogens with zero attached hydrogens (tertiary/aromatic N) is 4. The van der Waals surface area contributed by atoms with Gasteiger partial charge in [-0.2, -0.15) is 0 Å². The van der Waals surface area contributed by atoms with E-state index in [1.165, 1.54) is 42.8 Å². The highest BCUT2D eigenvalue weighted by molar-refractivity contribution is 7.21. The van der Waals surface area contributed by atoms with Crippen LogP contribution in [0.25, 0.3) is 31.8 Å². The number of hydrogen-bond acceptors (Lipinski definition) is 11. The first-order valence-corrected chi connectivity index (χ1v) is 14.8.